The van der Waals surface area contributed by atoms with Crippen LogP contribution in [0.25, 0.3) is 10.9 Å². The Morgan fingerprint density at radius 2 is 2.20 bits per heavy atom. The molecule has 2 N–H and O–H groups in total. The van der Waals surface area contributed by atoms with Crippen molar-refractivity contribution >= 4 is 22.5 Å². The number of aromatic nitrogens is 2. The third kappa shape index (κ3) is 1.73. The molecule has 0 saturated carbocycles. The van der Waals surface area contributed by atoms with Crippen LogP contribution in [0.1, 0.15) is 19.4 Å². The van der Waals surface area contributed by atoms with Crippen LogP contribution in [-0.2, 0) is 5.41 Å². The second-order valence-corrected chi connectivity index (χ2v) is 4.69. The maximum Gasteiger partial charge on any atom is 0.132 e. The van der Waals surface area contributed by atoms with Crippen molar-refractivity contribution in [3.05, 3.63) is 28.9 Å². The van der Waals surface area contributed by atoms with Crippen LogP contribution in [0, 0.1) is 0 Å². The summed E-state index contributed by atoms with van der Waals surface area (Å²) in [5.41, 5.74) is 1.64. The van der Waals surface area contributed by atoms with E-state index < -0.39 is 0 Å². The molecule has 0 spiro atoms. The number of hydrogen-bond donors (Lipinski definition) is 2. The lowest BCUT2D eigenvalue weighted by Crippen LogP contribution is -2.21. The van der Waals surface area contributed by atoms with Gasteiger partial charge in [0.05, 0.1) is 12.1 Å². The predicted molar refractivity (Wildman–Crippen MR) is 61.2 cm³/mol. The summed E-state index contributed by atoms with van der Waals surface area (Å²) in [7, 11) is 0. The summed E-state index contributed by atoms with van der Waals surface area (Å²) in [5.74, 6) is 0. The lowest BCUT2D eigenvalue weighted by Gasteiger charge is -2.21. The van der Waals surface area contributed by atoms with E-state index >= 15 is 0 Å². The first-order valence-corrected chi connectivity index (χ1v) is 5.17. The van der Waals surface area contributed by atoms with Crippen molar-refractivity contribution in [2.24, 2.45) is 0 Å². The van der Waals surface area contributed by atoms with Crippen LogP contribution in [0.3, 0.4) is 0 Å². The second-order valence-electron chi connectivity index (χ2n) is 4.31. The SMILES string of the molecule is CC(C)(CO)c1ccc2c(Cl)[nH]nc2c1. The van der Waals surface area contributed by atoms with Crippen molar-refractivity contribution in [3.8, 4) is 0 Å². The number of fused-ring (bicyclic) bond motifs is 1. The van der Waals surface area contributed by atoms with Crippen molar-refractivity contribution in [1.29, 1.82) is 0 Å². The first-order valence-electron chi connectivity index (χ1n) is 4.79. The summed E-state index contributed by atoms with van der Waals surface area (Å²) in [6, 6.07) is 5.85. The van der Waals surface area contributed by atoms with E-state index in [4.69, 9.17) is 11.6 Å². The molecular weight excluding hydrogens is 212 g/mol. The predicted octanol–water partition coefficient (Wildman–Crippen LogP) is 2.49. The molecule has 15 heavy (non-hydrogen) atoms. The average molecular weight is 225 g/mol. The molecule has 0 aliphatic heterocycles. The molecule has 1 heterocycles. The fourth-order valence-electron chi connectivity index (χ4n) is 1.49. The minimum atomic E-state index is -0.250. The zero-order valence-corrected chi connectivity index (χ0v) is 9.47. The fourth-order valence-corrected chi connectivity index (χ4v) is 1.69. The van der Waals surface area contributed by atoms with E-state index in [1.54, 1.807) is 0 Å². The van der Waals surface area contributed by atoms with E-state index in [1.807, 2.05) is 32.0 Å². The number of halogens is 1. The van der Waals surface area contributed by atoms with Gasteiger partial charge < -0.3 is 5.11 Å². The van der Waals surface area contributed by atoms with E-state index in [0.29, 0.717) is 5.15 Å². The minimum absolute atomic E-state index is 0.108. The van der Waals surface area contributed by atoms with Crippen molar-refractivity contribution in [1.82, 2.24) is 10.2 Å². The monoisotopic (exact) mass is 224 g/mol. The quantitative estimate of drug-likeness (QED) is 0.824. The highest BCUT2D eigenvalue weighted by Crippen LogP contribution is 2.27. The van der Waals surface area contributed by atoms with Gasteiger partial charge in [-0.2, -0.15) is 5.10 Å². The first-order chi connectivity index (χ1) is 7.04. The lowest BCUT2D eigenvalue weighted by molar-refractivity contribution is 0.218. The molecule has 0 aliphatic rings. The van der Waals surface area contributed by atoms with Crippen LogP contribution >= 0.6 is 11.6 Å². The summed E-state index contributed by atoms with van der Waals surface area (Å²) in [5, 5.41) is 17.6. The Bertz CT molecular complexity index is 490. The number of nitrogens with one attached hydrogen (secondary N) is 1. The van der Waals surface area contributed by atoms with E-state index in [9.17, 15) is 5.11 Å². The number of benzene rings is 1. The summed E-state index contributed by atoms with van der Waals surface area (Å²) in [6.07, 6.45) is 0. The van der Waals surface area contributed by atoms with Crippen molar-refractivity contribution < 1.29 is 5.11 Å². The van der Waals surface area contributed by atoms with Crippen LogP contribution in [0.15, 0.2) is 18.2 Å². The number of H-pyrrole nitrogens is 1. The molecular formula is C11H13ClN2O. The maximum atomic E-state index is 9.27. The smallest absolute Gasteiger partial charge is 0.132 e. The molecule has 0 atom stereocenters. The van der Waals surface area contributed by atoms with Crippen molar-refractivity contribution in [2.45, 2.75) is 19.3 Å². The fraction of sp³-hybridized carbons (Fsp3) is 0.364. The van der Waals surface area contributed by atoms with Gasteiger partial charge in [-0.3, -0.25) is 5.10 Å². The molecule has 1 aromatic heterocycles. The average Bonchev–Trinajstić information content (AvgIpc) is 2.60. The highest BCUT2D eigenvalue weighted by atomic mass is 35.5. The van der Waals surface area contributed by atoms with Gasteiger partial charge in [0.2, 0.25) is 0 Å². The van der Waals surface area contributed by atoms with Crippen LogP contribution in [-0.4, -0.2) is 21.9 Å². The molecule has 0 fully saturated rings. The molecule has 0 amide bonds. The molecule has 0 aliphatic carbocycles. The Hall–Kier alpha value is -1.06. The van der Waals surface area contributed by atoms with Gasteiger partial charge in [0.25, 0.3) is 0 Å². The van der Waals surface area contributed by atoms with Gasteiger partial charge in [0.15, 0.2) is 0 Å². The molecule has 3 nitrogen and oxygen atoms in total. The zero-order chi connectivity index (χ0) is 11.1. The Labute approximate surface area is 93.1 Å². The number of aliphatic hydroxyl groups is 1. The van der Waals surface area contributed by atoms with Crippen LogP contribution in [0.4, 0.5) is 0 Å². The third-order valence-electron chi connectivity index (χ3n) is 2.69. The summed E-state index contributed by atoms with van der Waals surface area (Å²) >= 11 is 5.91. The Balaban J connectivity index is 2.57. The highest BCUT2D eigenvalue weighted by molar-refractivity contribution is 6.34. The molecule has 80 valence electrons. The molecule has 0 radical (unpaired) electrons. The standard InChI is InChI=1S/C11H13ClN2O/c1-11(2,6-15)7-3-4-8-9(5-7)13-14-10(8)12/h3-5,15H,6H2,1-2H3,(H,13,14). The largest absolute Gasteiger partial charge is 0.395 e. The molecule has 0 unspecified atom stereocenters. The molecule has 0 bridgehead atoms. The van der Waals surface area contributed by atoms with Crippen LogP contribution in [0.2, 0.25) is 5.15 Å². The van der Waals surface area contributed by atoms with Gasteiger partial charge in [-0.1, -0.05) is 31.5 Å². The third-order valence-corrected chi connectivity index (χ3v) is 2.97. The van der Waals surface area contributed by atoms with Gasteiger partial charge in [0, 0.05) is 10.8 Å². The van der Waals surface area contributed by atoms with Crippen LogP contribution < -0.4 is 0 Å². The summed E-state index contributed by atoms with van der Waals surface area (Å²) < 4.78 is 0. The van der Waals surface area contributed by atoms with E-state index in [0.717, 1.165) is 16.5 Å². The molecule has 2 aromatic rings. The van der Waals surface area contributed by atoms with E-state index in [-0.39, 0.29) is 12.0 Å². The normalized spacial score (nSPS) is 12.3. The minimum Gasteiger partial charge on any atom is -0.395 e. The Kier molecular flexibility index (Phi) is 2.44. The number of nitrogens with zero attached hydrogens (tertiary/aromatic N) is 1. The summed E-state index contributed by atoms with van der Waals surface area (Å²) in [4.78, 5) is 0. The van der Waals surface area contributed by atoms with Gasteiger partial charge in [-0.25, -0.2) is 0 Å². The zero-order valence-electron chi connectivity index (χ0n) is 8.71. The first kappa shape index (κ1) is 10.5. The maximum absolute atomic E-state index is 9.27. The number of aromatic amines is 1. The van der Waals surface area contributed by atoms with Gasteiger partial charge in [0.1, 0.15) is 5.15 Å². The number of hydrogen-bond acceptors (Lipinski definition) is 2. The molecule has 2 rings (SSSR count). The Morgan fingerprint density at radius 1 is 1.47 bits per heavy atom. The molecule has 4 heteroatoms. The molecule has 1 aromatic carbocycles. The van der Waals surface area contributed by atoms with Gasteiger partial charge >= 0.3 is 0 Å². The van der Waals surface area contributed by atoms with Crippen molar-refractivity contribution in [3.63, 3.8) is 0 Å². The topological polar surface area (TPSA) is 48.9 Å². The summed E-state index contributed by atoms with van der Waals surface area (Å²) in [6.45, 7) is 4.08. The van der Waals surface area contributed by atoms with E-state index in [2.05, 4.69) is 10.2 Å². The molecule has 0 saturated heterocycles. The number of rotatable bonds is 2. The number of aliphatic hydroxyl groups excluding tert-OH is 1. The van der Waals surface area contributed by atoms with Gasteiger partial charge in [-0.15, -0.1) is 0 Å². The highest BCUT2D eigenvalue weighted by Gasteiger charge is 2.20. The van der Waals surface area contributed by atoms with Gasteiger partial charge in [-0.05, 0) is 17.7 Å². The Morgan fingerprint density at radius 3 is 2.87 bits per heavy atom. The van der Waals surface area contributed by atoms with Crippen molar-refractivity contribution in [2.75, 3.05) is 6.61 Å². The van der Waals surface area contributed by atoms with E-state index in [1.165, 1.54) is 0 Å². The second kappa shape index (κ2) is 3.51. The van der Waals surface area contributed by atoms with Crippen LogP contribution in [0.5, 0.6) is 0 Å². The lowest BCUT2D eigenvalue weighted by atomic mass is 9.85.